The highest BCUT2D eigenvalue weighted by Gasteiger charge is 2.49. The van der Waals surface area contributed by atoms with Crippen molar-refractivity contribution in [2.45, 2.75) is 44.1 Å². The van der Waals surface area contributed by atoms with Crippen molar-refractivity contribution in [2.75, 3.05) is 0 Å². The summed E-state index contributed by atoms with van der Waals surface area (Å²) in [4.78, 5) is 23.5. The van der Waals surface area contributed by atoms with E-state index in [0.717, 1.165) is 13.6 Å². The van der Waals surface area contributed by atoms with Crippen LogP contribution in [-0.4, -0.2) is 24.0 Å². The van der Waals surface area contributed by atoms with Gasteiger partial charge in [0.2, 0.25) is 0 Å². The van der Waals surface area contributed by atoms with E-state index < -0.39 is 29.9 Å². The van der Waals surface area contributed by atoms with Crippen LogP contribution >= 0.6 is 67.8 Å². The normalized spacial score (nSPS) is 17.2. The van der Waals surface area contributed by atoms with Gasteiger partial charge in [0.15, 0.2) is 6.10 Å². The predicted octanol–water partition coefficient (Wildman–Crippen LogP) is 3.99. The second kappa shape index (κ2) is 8.93. The van der Waals surface area contributed by atoms with Gasteiger partial charge in [-0.2, -0.15) is 8.78 Å². The summed E-state index contributed by atoms with van der Waals surface area (Å²) in [5.74, 6) is -8.36. The number of benzene rings is 1. The smallest absolute Gasteiger partial charge is 0.339 e. The number of alkyl halides is 2. The standard InChI is InChI=1S/C16H15F2I3O4/c17-16(18,15(23)24)13(8-4-2-1-3-5-8)25-14(22)10-6-9(19)7-11(20)12(10)21/h6-8,13H,1-5H2,(H,23,24)/p-1. The van der Waals surface area contributed by atoms with Crippen molar-refractivity contribution in [2.24, 2.45) is 5.92 Å². The second-order valence-corrected chi connectivity index (χ2v) is 9.37. The van der Waals surface area contributed by atoms with Crippen LogP contribution < -0.4 is 5.11 Å². The average Bonchev–Trinajstić information content (AvgIpc) is 2.56. The third-order valence-electron chi connectivity index (χ3n) is 4.15. The highest BCUT2D eigenvalue weighted by Crippen LogP contribution is 2.36. The molecule has 1 unspecified atom stereocenters. The molecule has 2 rings (SSSR count). The van der Waals surface area contributed by atoms with Crippen LogP contribution in [0.5, 0.6) is 0 Å². The van der Waals surface area contributed by atoms with Crippen molar-refractivity contribution >= 4 is 79.7 Å². The highest BCUT2D eigenvalue weighted by molar-refractivity contribution is 14.1. The average molecular weight is 689 g/mol. The van der Waals surface area contributed by atoms with E-state index in [4.69, 9.17) is 4.74 Å². The number of halogens is 5. The first-order valence-electron chi connectivity index (χ1n) is 7.59. The van der Waals surface area contributed by atoms with Crippen molar-refractivity contribution in [3.8, 4) is 0 Å². The van der Waals surface area contributed by atoms with E-state index in [1.54, 1.807) is 6.07 Å². The van der Waals surface area contributed by atoms with Crippen LogP contribution in [0.2, 0.25) is 0 Å². The van der Waals surface area contributed by atoms with Crippen LogP contribution in [0.1, 0.15) is 42.5 Å². The Labute approximate surface area is 184 Å². The fraction of sp³-hybridized carbons (Fsp3) is 0.500. The summed E-state index contributed by atoms with van der Waals surface area (Å²) in [6.07, 6.45) is 1.11. The van der Waals surface area contributed by atoms with E-state index in [1.807, 2.05) is 73.8 Å². The van der Waals surface area contributed by atoms with E-state index in [2.05, 4.69) is 0 Å². The lowest BCUT2D eigenvalue weighted by molar-refractivity contribution is -0.337. The maximum absolute atomic E-state index is 14.2. The molecule has 1 atom stereocenters. The van der Waals surface area contributed by atoms with Crippen LogP contribution in [0.25, 0.3) is 0 Å². The van der Waals surface area contributed by atoms with Gasteiger partial charge in [0, 0.05) is 16.6 Å². The molecule has 0 bridgehead atoms. The van der Waals surface area contributed by atoms with E-state index in [9.17, 15) is 23.5 Å². The molecular weight excluding hydrogens is 675 g/mol. The van der Waals surface area contributed by atoms with Crippen LogP contribution in [0.4, 0.5) is 8.78 Å². The lowest BCUT2D eigenvalue weighted by Crippen LogP contribution is -2.54. The van der Waals surface area contributed by atoms with Crippen LogP contribution in [-0.2, 0) is 9.53 Å². The van der Waals surface area contributed by atoms with Gasteiger partial charge in [-0.1, -0.05) is 19.3 Å². The Hall–Kier alpha value is 0.210. The summed E-state index contributed by atoms with van der Waals surface area (Å²) in [5, 5.41) is 10.9. The molecule has 0 radical (unpaired) electrons. The summed E-state index contributed by atoms with van der Waals surface area (Å²) < 4.78 is 35.6. The minimum Gasteiger partial charge on any atom is -0.544 e. The molecule has 0 spiro atoms. The monoisotopic (exact) mass is 689 g/mol. The zero-order valence-corrected chi connectivity index (χ0v) is 19.3. The van der Waals surface area contributed by atoms with E-state index in [-0.39, 0.29) is 5.56 Å². The first-order chi connectivity index (χ1) is 11.6. The van der Waals surface area contributed by atoms with Gasteiger partial charge in [-0.3, -0.25) is 0 Å². The Kier molecular flexibility index (Phi) is 7.69. The number of aliphatic carboxylic acids is 1. The van der Waals surface area contributed by atoms with Gasteiger partial charge in [0.1, 0.15) is 5.97 Å². The SMILES string of the molecule is O=C(OC(C1CCCCC1)C(F)(F)C(=O)[O-])c1cc(I)cc(I)c1I. The number of ether oxygens (including phenoxy) is 1. The van der Waals surface area contributed by atoms with E-state index in [0.29, 0.717) is 29.3 Å². The summed E-state index contributed by atoms with van der Waals surface area (Å²) in [7, 11) is 0. The van der Waals surface area contributed by atoms with Gasteiger partial charge in [0.25, 0.3) is 0 Å². The first kappa shape index (κ1) is 21.5. The second-order valence-electron chi connectivity index (χ2n) is 5.88. The van der Waals surface area contributed by atoms with Crippen molar-refractivity contribution in [1.82, 2.24) is 0 Å². The molecule has 1 fully saturated rings. The minimum atomic E-state index is -4.22. The molecule has 1 aliphatic rings. The number of esters is 1. The van der Waals surface area contributed by atoms with Gasteiger partial charge in [-0.25, -0.2) is 4.79 Å². The number of rotatable bonds is 5. The third-order valence-corrected chi connectivity index (χ3v) is 7.82. The molecule has 0 aromatic heterocycles. The fourth-order valence-corrected chi connectivity index (χ4v) is 5.28. The number of carbonyl (C=O) groups excluding carboxylic acids is 2. The number of hydrogen-bond donors (Lipinski definition) is 0. The largest absolute Gasteiger partial charge is 0.544 e. The Morgan fingerprint density at radius 3 is 2.32 bits per heavy atom. The molecule has 4 nitrogen and oxygen atoms in total. The topological polar surface area (TPSA) is 66.4 Å². The molecule has 9 heteroatoms. The Morgan fingerprint density at radius 2 is 1.76 bits per heavy atom. The molecule has 0 N–H and O–H groups in total. The van der Waals surface area contributed by atoms with Crippen LogP contribution in [0, 0.1) is 16.6 Å². The van der Waals surface area contributed by atoms with Gasteiger partial charge < -0.3 is 14.6 Å². The molecule has 1 aliphatic carbocycles. The number of carbonyl (C=O) groups is 2. The van der Waals surface area contributed by atoms with Gasteiger partial charge in [0.05, 0.1) is 5.56 Å². The quantitative estimate of drug-likeness (QED) is 0.267. The Morgan fingerprint density at radius 1 is 1.16 bits per heavy atom. The molecule has 0 heterocycles. The van der Waals surface area contributed by atoms with Gasteiger partial charge >= 0.3 is 11.9 Å². The maximum Gasteiger partial charge on any atom is 0.339 e. The zero-order valence-electron chi connectivity index (χ0n) is 12.9. The third kappa shape index (κ3) is 5.14. The molecule has 1 aromatic rings. The van der Waals surface area contributed by atoms with Crippen molar-refractivity contribution in [3.63, 3.8) is 0 Å². The van der Waals surface area contributed by atoms with Gasteiger partial charge in [-0.15, -0.1) is 0 Å². The van der Waals surface area contributed by atoms with Crippen molar-refractivity contribution < 1.29 is 28.2 Å². The fourth-order valence-electron chi connectivity index (χ4n) is 2.90. The Balaban J connectivity index is 2.33. The van der Waals surface area contributed by atoms with E-state index >= 15 is 0 Å². The highest BCUT2D eigenvalue weighted by atomic mass is 127. The lowest BCUT2D eigenvalue weighted by atomic mass is 9.83. The molecule has 1 saturated carbocycles. The minimum absolute atomic E-state index is 0.159. The molecule has 25 heavy (non-hydrogen) atoms. The molecule has 0 saturated heterocycles. The summed E-state index contributed by atoms with van der Waals surface area (Å²) in [6.45, 7) is 0. The van der Waals surface area contributed by atoms with Crippen LogP contribution in [0.3, 0.4) is 0 Å². The number of hydrogen-bond acceptors (Lipinski definition) is 4. The van der Waals surface area contributed by atoms with Crippen molar-refractivity contribution in [3.05, 3.63) is 28.4 Å². The molecule has 1 aromatic carbocycles. The maximum atomic E-state index is 14.2. The predicted molar refractivity (Wildman–Crippen MR) is 110 cm³/mol. The molecule has 0 aliphatic heterocycles. The summed E-state index contributed by atoms with van der Waals surface area (Å²) in [6, 6.07) is 3.38. The first-order valence-corrected chi connectivity index (χ1v) is 10.8. The molecule has 0 amide bonds. The summed E-state index contributed by atoms with van der Waals surface area (Å²) >= 11 is 6.00. The Bertz CT molecular complexity index is 676. The lowest BCUT2D eigenvalue weighted by Gasteiger charge is -2.35. The number of carboxylic acid groups (broad SMARTS) is 1. The van der Waals surface area contributed by atoms with E-state index in [1.165, 1.54) is 0 Å². The molecule has 138 valence electrons. The number of carboxylic acids is 1. The van der Waals surface area contributed by atoms with Crippen LogP contribution in [0.15, 0.2) is 12.1 Å². The van der Waals surface area contributed by atoms with Crippen molar-refractivity contribution in [1.29, 1.82) is 0 Å². The summed E-state index contributed by atoms with van der Waals surface area (Å²) in [5.41, 5.74) is 0.159. The van der Waals surface area contributed by atoms with Gasteiger partial charge in [-0.05, 0) is 92.7 Å². The zero-order chi connectivity index (χ0) is 18.8. The molecular formula is C16H14F2I3O4-.